The number of alkyl carbamates (subject to hydrolysis) is 1. The first-order valence-electron chi connectivity index (χ1n) is 9.43. The molecular weight excluding hydrogens is 368 g/mol. The quantitative estimate of drug-likeness (QED) is 0.739. The molecule has 0 aliphatic carbocycles. The van der Waals surface area contributed by atoms with Gasteiger partial charge in [0.25, 0.3) is 0 Å². The molecule has 2 aromatic rings. The molecule has 0 fully saturated rings. The molecule has 0 saturated heterocycles. The minimum atomic E-state index is -1.80. The van der Waals surface area contributed by atoms with Crippen LogP contribution in [-0.4, -0.2) is 24.3 Å². The lowest BCUT2D eigenvalue weighted by molar-refractivity contribution is -0.149. The maximum Gasteiger partial charge on any atom is 0.408 e. The number of nitrogens with zero attached hydrogens (tertiary/aromatic N) is 1. The largest absolute Gasteiger partial charge is 0.464 e. The molecule has 0 aliphatic heterocycles. The van der Waals surface area contributed by atoms with Gasteiger partial charge in [-0.2, -0.15) is 5.26 Å². The van der Waals surface area contributed by atoms with Crippen LogP contribution >= 0.6 is 0 Å². The average Bonchev–Trinajstić information content (AvgIpc) is 2.68. The number of carbonyl (C=O) groups is 2. The summed E-state index contributed by atoms with van der Waals surface area (Å²) in [6.07, 6.45) is -0.730. The maximum atomic E-state index is 13.1. The Hall–Kier alpha value is -3.33. The third kappa shape index (κ3) is 5.14. The average molecular weight is 394 g/mol. The van der Waals surface area contributed by atoms with Crippen LogP contribution in [0.15, 0.2) is 60.7 Å². The number of rotatable bonds is 6. The van der Waals surface area contributed by atoms with Gasteiger partial charge in [0.2, 0.25) is 5.41 Å². The van der Waals surface area contributed by atoms with Gasteiger partial charge in [-0.05, 0) is 38.8 Å². The van der Waals surface area contributed by atoms with Crippen LogP contribution in [0.2, 0.25) is 0 Å². The van der Waals surface area contributed by atoms with E-state index in [9.17, 15) is 14.9 Å². The number of amides is 1. The van der Waals surface area contributed by atoms with Crippen molar-refractivity contribution in [3.05, 3.63) is 71.8 Å². The monoisotopic (exact) mass is 394 g/mol. The SMILES string of the molecule is CCOC(=O)[C@@](C#N)(c1ccccc1)[C@H](NC(=O)OC(C)(C)C)c1ccccc1. The molecule has 0 unspecified atom stereocenters. The first-order chi connectivity index (χ1) is 13.7. The van der Waals surface area contributed by atoms with E-state index in [1.165, 1.54) is 0 Å². The van der Waals surface area contributed by atoms with E-state index in [1.54, 1.807) is 82.3 Å². The number of benzene rings is 2. The van der Waals surface area contributed by atoms with E-state index >= 15 is 0 Å². The number of hydrogen-bond donors (Lipinski definition) is 1. The zero-order valence-electron chi connectivity index (χ0n) is 17.1. The number of ether oxygens (including phenoxy) is 2. The minimum Gasteiger partial charge on any atom is -0.464 e. The highest BCUT2D eigenvalue weighted by Gasteiger charge is 2.51. The lowest BCUT2D eigenvalue weighted by Gasteiger charge is -2.34. The molecule has 1 amide bonds. The molecule has 152 valence electrons. The Morgan fingerprint density at radius 1 is 1.03 bits per heavy atom. The number of hydrogen-bond acceptors (Lipinski definition) is 5. The topological polar surface area (TPSA) is 88.4 Å². The maximum absolute atomic E-state index is 13.1. The molecule has 6 heteroatoms. The minimum absolute atomic E-state index is 0.100. The molecule has 2 atom stereocenters. The zero-order valence-corrected chi connectivity index (χ0v) is 17.1. The zero-order chi connectivity index (χ0) is 21.5. The summed E-state index contributed by atoms with van der Waals surface area (Å²) in [6.45, 7) is 6.99. The van der Waals surface area contributed by atoms with Gasteiger partial charge in [0.1, 0.15) is 5.60 Å². The van der Waals surface area contributed by atoms with Gasteiger partial charge in [-0.3, -0.25) is 0 Å². The molecule has 0 heterocycles. The Bertz CT molecular complexity index is 869. The molecule has 0 saturated carbocycles. The highest BCUT2D eigenvalue weighted by molar-refractivity contribution is 5.89. The van der Waals surface area contributed by atoms with E-state index < -0.39 is 29.1 Å². The third-order valence-electron chi connectivity index (χ3n) is 4.23. The number of esters is 1. The van der Waals surface area contributed by atoms with Gasteiger partial charge >= 0.3 is 12.1 Å². The Labute approximate surface area is 171 Å². The van der Waals surface area contributed by atoms with E-state index in [-0.39, 0.29) is 6.61 Å². The van der Waals surface area contributed by atoms with Crippen molar-refractivity contribution in [3.8, 4) is 6.07 Å². The molecule has 0 aliphatic rings. The number of carbonyl (C=O) groups excluding carboxylic acids is 2. The van der Waals surface area contributed by atoms with Crippen LogP contribution in [0, 0.1) is 11.3 Å². The molecule has 1 N–H and O–H groups in total. The summed E-state index contributed by atoms with van der Waals surface area (Å²) >= 11 is 0. The summed E-state index contributed by atoms with van der Waals surface area (Å²) in [4.78, 5) is 25.8. The molecular formula is C23H26N2O4. The molecule has 29 heavy (non-hydrogen) atoms. The predicted octanol–water partition coefficient (Wildman–Crippen LogP) is 4.28. The molecule has 0 bridgehead atoms. The van der Waals surface area contributed by atoms with Gasteiger partial charge in [0, 0.05) is 0 Å². The van der Waals surface area contributed by atoms with Crippen molar-refractivity contribution in [2.75, 3.05) is 6.61 Å². The Morgan fingerprint density at radius 2 is 1.59 bits per heavy atom. The van der Waals surface area contributed by atoms with Gasteiger partial charge in [-0.15, -0.1) is 0 Å². The highest BCUT2D eigenvalue weighted by atomic mass is 16.6. The second-order valence-corrected chi connectivity index (χ2v) is 7.50. The highest BCUT2D eigenvalue weighted by Crippen LogP contribution is 2.39. The summed E-state index contributed by atoms with van der Waals surface area (Å²) in [6, 6.07) is 18.6. The van der Waals surface area contributed by atoms with Crippen LogP contribution in [0.25, 0.3) is 0 Å². The van der Waals surface area contributed by atoms with Crippen molar-refractivity contribution in [3.63, 3.8) is 0 Å². The molecule has 0 spiro atoms. The molecule has 0 aromatic heterocycles. The van der Waals surface area contributed by atoms with Crippen molar-refractivity contribution in [1.82, 2.24) is 5.32 Å². The van der Waals surface area contributed by atoms with Crippen molar-refractivity contribution in [2.45, 2.75) is 44.8 Å². The van der Waals surface area contributed by atoms with E-state index in [0.29, 0.717) is 11.1 Å². The summed E-state index contributed by atoms with van der Waals surface area (Å²) in [5, 5.41) is 13.0. The normalized spacial score (nSPS) is 14.0. The lowest BCUT2D eigenvalue weighted by atomic mass is 9.72. The number of nitrogens with one attached hydrogen (secondary N) is 1. The van der Waals surface area contributed by atoms with E-state index in [2.05, 4.69) is 11.4 Å². The fraction of sp³-hybridized carbons (Fsp3) is 0.348. The first kappa shape index (κ1) is 22.0. The Kier molecular flexibility index (Phi) is 7.00. The summed E-state index contributed by atoms with van der Waals surface area (Å²) in [5.74, 6) is -0.737. The molecule has 2 rings (SSSR count). The second kappa shape index (κ2) is 9.24. The van der Waals surface area contributed by atoms with E-state index in [4.69, 9.17) is 9.47 Å². The fourth-order valence-electron chi connectivity index (χ4n) is 3.04. The first-order valence-corrected chi connectivity index (χ1v) is 9.43. The van der Waals surface area contributed by atoms with Gasteiger partial charge in [0.05, 0.1) is 18.7 Å². The predicted molar refractivity (Wildman–Crippen MR) is 109 cm³/mol. The Balaban J connectivity index is 2.65. The fourth-order valence-corrected chi connectivity index (χ4v) is 3.04. The van der Waals surface area contributed by atoms with Crippen molar-refractivity contribution >= 4 is 12.1 Å². The van der Waals surface area contributed by atoms with Crippen LogP contribution in [0.4, 0.5) is 4.79 Å². The summed E-state index contributed by atoms with van der Waals surface area (Å²) < 4.78 is 10.7. The van der Waals surface area contributed by atoms with Crippen molar-refractivity contribution in [1.29, 1.82) is 5.26 Å². The van der Waals surface area contributed by atoms with Crippen LogP contribution in [0.5, 0.6) is 0 Å². The smallest absolute Gasteiger partial charge is 0.408 e. The van der Waals surface area contributed by atoms with Gasteiger partial charge in [-0.25, -0.2) is 9.59 Å². The van der Waals surface area contributed by atoms with Crippen molar-refractivity contribution < 1.29 is 19.1 Å². The summed E-state index contributed by atoms with van der Waals surface area (Å²) in [5.41, 5.74) is -1.53. The van der Waals surface area contributed by atoms with Gasteiger partial charge in [0.15, 0.2) is 0 Å². The van der Waals surface area contributed by atoms with Gasteiger partial charge < -0.3 is 14.8 Å². The molecule has 6 nitrogen and oxygen atoms in total. The standard InChI is InChI=1S/C23H26N2O4/c1-5-28-20(26)23(16-24,18-14-10-7-11-15-18)19(17-12-8-6-9-13-17)25-21(27)29-22(2,3)4/h6-15,19H,5H2,1-4H3,(H,25,27)/t19-,23+/m1/s1. The van der Waals surface area contributed by atoms with Crippen LogP contribution in [0.1, 0.15) is 44.9 Å². The van der Waals surface area contributed by atoms with Crippen LogP contribution in [0.3, 0.4) is 0 Å². The van der Waals surface area contributed by atoms with E-state index in [0.717, 1.165) is 0 Å². The molecule has 2 aromatic carbocycles. The third-order valence-corrected chi connectivity index (χ3v) is 4.23. The Morgan fingerprint density at radius 3 is 2.07 bits per heavy atom. The van der Waals surface area contributed by atoms with Crippen LogP contribution in [-0.2, 0) is 19.7 Å². The van der Waals surface area contributed by atoms with Gasteiger partial charge in [-0.1, -0.05) is 60.7 Å². The lowest BCUT2D eigenvalue weighted by Crippen LogP contribution is -2.50. The molecule has 0 radical (unpaired) electrons. The van der Waals surface area contributed by atoms with Crippen molar-refractivity contribution in [2.24, 2.45) is 0 Å². The summed E-state index contributed by atoms with van der Waals surface area (Å²) in [7, 11) is 0. The number of nitriles is 1. The van der Waals surface area contributed by atoms with Crippen LogP contribution < -0.4 is 5.32 Å². The second-order valence-electron chi connectivity index (χ2n) is 7.50. The van der Waals surface area contributed by atoms with E-state index in [1.807, 2.05) is 6.07 Å².